The average Bonchev–Trinajstić information content (AvgIpc) is 2.00. The predicted octanol–water partition coefficient (Wildman–Crippen LogP) is 0.508. The first-order chi connectivity index (χ1) is 5.52. The fourth-order valence-corrected chi connectivity index (χ4v) is 0.906. The van der Waals surface area contributed by atoms with Crippen molar-refractivity contribution in [3.05, 3.63) is 0 Å². The molecule has 0 spiro atoms. The fraction of sp³-hybridized carbons (Fsp3) is 1.00. The van der Waals surface area contributed by atoms with Gasteiger partial charge in [-0.25, -0.2) is 0 Å². The lowest BCUT2D eigenvalue weighted by atomic mass is 10.0. The predicted molar refractivity (Wildman–Crippen MR) is 50.1 cm³/mol. The van der Waals surface area contributed by atoms with E-state index in [0.29, 0.717) is 13.0 Å². The Morgan fingerprint density at radius 3 is 2.42 bits per heavy atom. The summed E-state index contributed by atoms with van der Waals surface area (Å²) in [4.78, 5) is 0. The summed E-state index contributed by atoms with van der Waals surface area (Å²) >= 11 is 0. The molecule has 0 aliphatic heterocycles. The molecular weight excluding hydrogens is 154 g/mol. The molecule has 0 saturated heterocycles. The van der Waals surface area contributed by atoms with Crippen molar-refractivity contribution in [1.29, 1.82) is 0 Å². The molecule has 74 valence electrons. The second-order valence-corrected chi connectivity index (χ2v) is 3.80. The van der Waals surface area contributed by atoms with Crippen molar-refractivity contribution in [2.45, 2.75) is 45.3 Å². The molecule has 3 heteroatoms. The van der Waals surface area contributed by atoms with Crippen LogP contribution in [0.15, 0.2) is 0 Å². The number of aliphatic hydroxyl groups is 2. The Bertz CT molecular complexity index is 115. The standard InChI is InChI=1S/C9H21NO2/c1-4-8(12)7-10-9(2,3)5-6-11/h8,10-12H,4-7H2,1-3H3. The molecule has 0 saturated carbocycles. The summed E-state index contributed by atoms with van der Waals surface area (Å²) in [6.07, 6.45) is 1.20. The fourth-order valence-electron chi connectivity index (χ4n) is 0.906. The summed E-state index contributed by atoms with van der Waals surface area (Å²) < 4.78 is 0. The normalized spacial score (nSPS) is 14.8. The van der Waals surface area contributed by atoms with E-state index in [1.165, 1.54) is 0 Å². The first-order valence-corrected chi connectivity index (χ1v) is 4.56. The van der Waals surface area contributed by atoms with E-state index in [4.69, 9.17) is 5.11 Å². The number of nitrogens with one attached hydrogen (secondary N) is 1. The molecule has 0 aromatic carbocycles. The highest BCUT2D eigenvalue weighted by Gasteiger charge is 2.16. The lowest BCUT2D eigenvalue weighted by Crippen LogP contribution is -2.43. The van der Waals surface area contributed by atoms with Crippen LogP contribution in [-0.2, 0) is 0 Å². The van der Waals surface area contributed by atoms with E-state index < -0.39 is 0 Å². The lowest BCUT2D eigenvalue weighted by molar-refractivity contribution is 0.146. The van der Waals surface area contributed by atoms with E-state index in [2.05, 4.69) is 5.32 Å². The van der Waals surface area contributed by atoms with Crippen LogP contribution in [0.4, 0.5) is 0 Å². The van der Waals surface area contributed by atoms with Crippen LogP contribution < -0.4 is 5.32 Å². The molecule has 0 rings (SSSR count). The highest BCUT2D eigenvalue weighted by Crippen LogP contribution is 2.06. The van der Waals surface area contributed by atoms with Gasteiger partial charge in [0, 0.05) is 18.7 Å². The Morgan fingerprint density at radius 2 is 2.00 bits per heavy atom. The number of rotatable bonds is 6. The summed E-state index contributed by atoms with van der Waals surface area (Å²) in [6.45, 7) is 6.77. The van der Waals surface area contributed by atoms with Crippen molar-refractivity contribution >= 4 is 0 Å². The minimum atomic E-state index is -0.275. The number of hydrogen-bond acceptors (Lipinski definition) is 3. The van der Waals surface area contributed by atoms with E-state index in [-0.39, 0.29) is 18.2 Å². The number of hydrogen-bond donors (Lipinski definition) is 3. The molecule has 0 amide bonds. The molecule has 0 radical (unpaired) electrons. The average molecular weight is 175 g/mol. The topological polar surface area (TPSA) is 52.5 Å². The zero-order valence-corrected chi connectivity index (χ0v) is 8.30. The molecular formula is C9H21NO2. The molecule has 1 unspecified atom stereocenters. The number of β-amino-alcohol motifs (C(OH)–C–C–N with tert-alkyl or cyclic N) is 1. The number of aliphatic hydroxyl groups excluding tert-OH is 2. The Morgan fingerprint density at radius 1 is 1.42 bits per heavy atom. The van der Waals surface area contributed by atoms with E-state index >= 15 is 0 Å². The van der Waals surface area contributed by atoms with Crippen molar-refractivity contribution in [1.82, 2.24) is 5.32 Å². The zero-order valence-electron chi connectivity index (χ0n) is 8.30. The van der Waals surface area contributed by atoms with Gasteiger partial charge in [0.15, 0.2) is 0 Å². The second-order valence-electron chi connectivity index (χ2n) is 3.80. The first-order valence-electron chi connectivity index (χ1n) is 4.56. The van der Waals surface area contributed by atoms with Crippen molar-refractivity contribution in [2.75, 3.05) is 13.2 Å². The van der Waals surface area contributed by atoms with Crippen LogP contribution in [0.25, 0.3) is 0 Å². The van der Waals surface area contributed by atoms with Gasteiger partial charge in [-0.3, -0.25) is 0 Å². The van der Waals surface area contributed by atoms with E-state index in [1.54, 1.807) is 0 Å². The smallest absolute Gasteiger partial charge is 0.0662 e. The Kier molecular flexibility index (Phi) is 5.46. The molecule has 0 heterocycles. The highest BCUT2D eigenvalue weighted by molar-refractivity contribution is 4.77. The van der Waals surface area contributed by atoms with Gasteiger partial charge in [-0.2, -0.15) is 0 Å². The molecule has 0 bridgehead atoms. The highest BCUT2D eigenvalue weighted by atomic mass is 16.3. The van der Waals surface area contributed by atoms with Crippen LogP contribution in [-0.4, -0.2) is 35.0 Å². The summed E-state index contributed by atoms with van der Waals surface area (Å²) in [5, 5.41) is 21.2. The largest absolute Gasteiger partial charge is 0.396 e. The molecule has 0 aromatic heterocycles. The van der Waals surface area contributed by atoms with Crippen molar-refractivity contribution in [2.24, 2.45) is 0 Å². The third-order valence-corrected chi connectivity index (χ3v) is 2.02. The van der Waals surface area contributed by atoms with Gasteiger partial charge in [0.2, 0.25) is 0 Å². The SMILES string of the molecule is CCC(O)CNC(C)(C)CCO. The molecule has 3 nitrogen and oxygen atoms in total. The van der Waals surface area contributed by atoms with Crippen molar-refractivity contribution < 1.29 is 10.2 Å². The van der Waals surface area contributed by atoms with E-state index in [1.807, 2.05) is 20.8 Å². The van der Waals surface area contributed by atoms with Gasteiger partial charge in [0.1, 0.15) is 0 Å². The quantitative estimate of drug-likeness (QED) is 0.551. The molecule has 0 fully saturated rings. The minimum Gasteiger partial charge on any atom is -0.396 e. The van der Waals surface area contributed by atoms with Crippen LogP contribution in [0.5, 0.6) is 0 Å². The van der Waals surface area contributed by atoms with Gasteiger partial charge >= 0.3 is 0 Å². The Balaban J connectivity index is 3.59. The molecule has 0 aromatic rings. The third kappa shape index (κ3) is 5.52. The van der Waals surface area contributed by atoms with Crippen LogP contribution in [0.1, 0.15) is 33.6 Å². The van der Waals surface area contributed by atoms with Crippen LogP contribution in [0, 0.1) is 0 Å². The third-order valence-electron chi connectivity index (χ3n) is 2.02. The maximum atomic E-state index is 9.26. The molecule has 12 heavy (non-hydrogen) atoms. The van der Waals surface area contributed by atoms with Crippen molar-refractivity contribution in [3.63, 3.8) is 0 Å². The summed E-state index contributed by atoms with van der Waals surface area (Å²) in [5.74, 6) is 0. The maximum absolute atomic E-state index is 9.26. The van der Waals surface area contributed by atoms with Gasteiger partial charge < -0.3 is 15.5 Å². The molecule has 1 atom stereocenters. The monoisotopic (exact) mass is 175 g/mol. The van der Waals surface area contributed by atoms with Gasteiger partial charge in [-0.1, -0.05) is 6.92 Å². The van der Waals surface area contributed by atoms with Gasteiger partial charge in [0.05, 0.1) is 6.10 Å². The minimum absolute atomic E-state index is 0.0785. The van der Waals surface area contributed by atoms with Crippen LogP contribution >= 0.6 is 0 Å². The molecule has 3 N–H and O–H groups in total. The van der Waals surface area contributed by atoms with Crippen molar-refractivity contribution in [3.8, 4) is 0 Å². The van der Waals surface area contributed by atoms with Gasteiger partial charge in [-0.15, -0.1) is 0 Å². The van der Waals surface area contributed by atoms with Crippen LogP contribution in [0.2, 0.25) is 0 Å². The van der Waals surface area contributed by atoms with Gasteiger partial charge in [0.25, 0.3) is 0 Å². The zero-order chi connectivity index (χ0) is 9.61. The van der Waals surface area contributed by atoms with Crippen LogP contribution in [0.3, 0.4) is 0 Å². The summed E-state index contributed by atoms with van der Waals surface area (Å²) in [6, 6.07) is 0. The maximum Gasteiger partial charge on any atom is 0.0662 e. The lowest BCUT2D eigenvalue weighted by Gasteiger charge is -2.26. The van der Waals surface area contributed by atoms with Gasteiger partial charge in [-0.05, 0) is 26.7 Å². The summed E-state index contributed by atoms with van der Waals surface area (Å²) in [7, 11) is 0. The molecule has 0 aliphatic rings. The first kappa shape index (κ1) is 11.9. The van der Waals surface area contributed by atoms with E-state index in [0.717, 1.165) is 6.42 Å². The van der Waals surface area contributed by atoms with E-state index in [9.17, 15) is 5.11 Å². The molecule has 0 aliphatic carbocycles. The second kappa shape index (κ2) is 5.51. The Labute approximate surface area is 74.8 Å². The summed E-state index contributed by atoms with van der Waals surface area (Å²) in [5.41, 5.74) is -0.0785. The Hall–Kier alpha value is -0.120.